The van der Waals surface area contributed by atoms with Crippen LogP contribution in [0.2, 0.25) is 5.02 Å². The SMILES string of the molecule is CCCC1(CO)CCN(C(=O)c2ccc(OC3CCC3)cc2Cl)C1. The molecular formula is C19H26ClNO3. The van der Waals surface area contributed by atoms with Crippen molar-refractivity contribution >= 4 is 17.5 Å². The van der Waals surface area contributed by atoms with Gasteiger partial charge in [0.1, 0.15) is 5.75 Å². The summed E-state index contributed by atoms with van der Waals surface area (Å²) in [6.07, 6.45) is 6.49. The Morgan fingerprint density at radius 3 is 2.83 bits per heavy atom. The summed E-state index contributed by atoms with van der Waals surface area (Å²) in [6, 6.07) is 5.34. The number of ether oxygens (including phenoxy) is 1. The van der Waals surface area contributed by atoms with E-state index in [-0.39, 0.29) is 17.9 Å². The summed E-state index contributed by atoms with van der Waals surface area (Å²) in [5, 5.41) is 10.2. The summed E-state index contributed by atoms with van der Waals surface area (Å²) in [7, 11) is 0. The number of likely N-dealkylation sites (tertiary alicyclic amines) is 1. The number of aliphatic hydroxyl groups is 1. The maximum absolute atomic E-state index is 12.8. The van der Waals surface area contributed by atoms with E-state index < -0.39 is 0 Å². The first kappa shape index (κ1) is 17.6. The largest absolute Gasteiger partial charge is 0.490 e. The fraction of sp³-hybridized carbons (Fsp3) is 0.632. The van der Waals surface area contributed by atoms with Crippen LogP contribution in [0.25, 0.3) is 0 Å². The standard InChI is InChI=1S/C19H26ClNO3/c1-2-8-19(13-22)9-10-21(12-19)18(23)16-7-6-15(11-17(16)20)24-14-4-3-5-14/h6-7,11,14,22H,2-5,8-10,12-13H2,1H3. The minimum atomic E-state index is -0.149. The molecule has 0 radical (unpaired) electrons. The highest BCUT2D eigenvalue weighted by molar-refractivity contribution is 6.34. The Morgan fingerprint density at radius 1 is 1.46 bits per heavy atom. The number of hydrogen-bond donors (Lipinski definition) is 1. The minimum Gasteiger partial charge on any atom is -0.490 e. The van der Waals surface area contributed by atoms with Crippen molar-refractivity contribution in [3.8, 4) is 5.75 Å². The Labute approximate surface area is 148 Å². The van der Waals surface area contributed by atoms with E-state index >= 15 is 0 Å². The predicted octanol–water partition coefficient (Wildman–Crippen LogP) is 3.90. The Kier molecular flexibility index (Phi) is 5.36. The molecule has 1 unspecified atom stereocenters. The number of carbonyl (C=O) groups is 1. The fourth-order valence-corrected chi connectivity index (χ4v) is 3.90. The molecule has 1 saturated heterocycles. The molecule has 4 nitrogen and oxygen atoms in total. The van der Waals surface area contributed by atoms with Gasteiger partial charge in [0.05, 0.1) is 23.3 Å². The number of amides is 1. The maximum Gasteiger partial charge on any atom is 0.255 e. The zero-order chi connectivity index (χ0) is 17.2. The van der Waals surface area contributed by atoms with Crippen molar-refractivity contribution in [2.75, 3.05) is 19.7 Å². The number of benzene rings is 1. The fourth-order valence-electron chi connectivity index (χ4n) is 3.64. The molecule has 1 atom stereocenters. The Balaban J connectivity index is 1.68. The highest BCUT2D eigenvalue weighted by atomic mass is 35.5. The molecule has 1 heterocycles. The second-order valence-corrected chi connectivity index (χ2v) is 7.60. The first-order chi connectivity index (χ1) is 11.6. The van der Waals surface area contributed by atoms with Gasteiger partial charge in [-0.25, -0.2) is 0 Å². The second-order valence-electron chi connectivity index (χ2n) is 7.20. The molecule has 1 N–H and O–H groups in total. The molecule has 1 amide bonds. The monoisotopic (exact) mass is 351 g/mol. The summed E-state index contributed by atoms with van der Waals surface area (Å²) >= 11 is 6.34. The van der Waals surface area contributed by atoms with Crippen molar-refractivity contribution in [2.24, 2.45) is 5.41 Å². The van der Waals surface area contributed by atoms with Crippen LogP contribution in [0, 0.1) is 5.41 Å². The van der Waals surface area contributed by atoms with Gasteiger partial charge in [-0.3, -0.25) is 4.79 Å². The minimum absolute atomic E-state index is 0.0541. The van der Waals surface area contributed by atoms with Gasteiger partial charge in [-0.15, -0.1) is 0 Å². The van der Waals surface area contributed by atoms with Crippen molar-refractivity contribution in [2.45, 2.75) is 51.6 Å². The van der Waals surface area contributed by atoms with Crippen molar-refractivity contribution in [1.29, 1.82) is 0 Å². The van der Waals surface area contributed by atoms with Crippen LogP contribution in [-0.2, 0) is 0 Å². The Bertz CT molecular complexity index is 602. The average molecular weight is 352 g/mol. The van der Waals surface area contributed by atoms with Crippen molar-refractivity contribution in [3.63, 3.8) is 0 Å². The summed E-state index contributed by atoms with van der Waals surface area (Å²) in [4.78, 5) is 14.6. The average Bonchev–Trinajstić information content (AvgIpc) is 2.96. The normalized spacial score (nSPS) is 24.0. The Hall–Kier alpha value is -1.26. The van der Waals surface area contributed by atoms with Crippen LogP contribution in [0.15, 0.2) is 18.2 Å². The third-order valence-corrected chi connectivity index (χ3v) is 5.68. The smallest absolute Gasteiger partial charge is 0.255 e. The molecular weight excluding hydrogens is 326 g/mol. The number of carbonyl (C=O) groups excluding carboxylic acids is 1. The van der Waals surface area contributed by atoms with E-state index in [4.69, 9.17) is 16.3 Å². The lowest BCUT2D eigenvalue weighted by Gasteiger charge is -2.27. The van der Waals surface area contributed by atoms with E-state index in [0.29, 0.717) is 29.8 Å². The van der Waals surface area contributed by atoms with Crippen LogP contribution in [-0.4, -0.2) is 41.7 Å². The molecule has 1 aromatic rings. The third kappa shape index (κ3) is 3.55. The van der Waals surface area contributed by atoms with Crippen LogP contribution in [0.3, 0.4) is 0 Å². The molecule has 3 rings (SSSR count). The number of nitrogens with zero attached hydrogens (tertiary/aromatic N) is 1. The topological polar surface area (TPSA) is 49.8 Å². The van der Waals surface area contributed by atoms with E-state index in [1.807, 2.05) is 11.0 Å². The van der Waals surface area contributed by atoms with Gasteiger partial charge in [-0.05, 0) is 50.3 Å². The summed E-state index contributed by atoms with van der Waals surface area (Å²) in [5.41, 5.74) is 0.368. The van der Waals surface area contributed by atoms with Gasteiger partial charge in [-0.2, -0.15) is 0 Å². The van der Waals surface area contributed by atoms with Gasteiger partial charge in [0.2, 0.25) is 0 Å². The lowest BCUT2D eigenvalue weighted by atomic mass is 9.83. The van der Waals surface area contributed by atoms with Gasteiger partial charge in [0.25, 0.3) is 5.91 Å². The van der Waals surface area contributed by atoms with Crippen LogP contribution in [0.5, 0.6) is 5.75 Å². The van der Waals surface area contributed by atoms with Gasteiger partial charge in [0, 0.05) is 18.5 Å². The van der Waals surface area contributed by atoms with Crippen molar-refractivity contribution in [3.05, 3.63) is 28.8 Å². The highest BCUT2D eigenvalue weighted by Gasteiger charge is 2.39. The van der Waals surface area contributed by atoms with E-state index in [1.165, 1.54) is 6.42 Å². The molecule has 0 bridgehead atoms. The third-order valence-electron chi connectivity index (χ3n) is 5.37. The number of hydrogen-bond acceptors (Lipinski definition) is 3. The van der Waals surface area contributed by atoms with E-state index in [1.54, 1.807) is 12.1 Å². The molecule has 24 heavy (non-hydrogen) atoms. The quantitative estimate of drug-likeness (QED) is 0.845. The Morgan fingerprint density at radius 2 is 2.25 bits per heavy atom. The van der Waals surface area contributed by atoms with Crippen LogP contribution < -0.4 is 4.74 Å². The van der Waals surface area contributed by atoms with Crippen molar-refractivity contribution < 1.29 is 14.6 Å². The van der Waals surface area contributed by atoms with Gasteiger partial charge >= 0.3 is 0 Å². The zero-order valence-electron chi connectivity index (χ0n) is 14.3. The molecule has 1 saturated carbocycles. The highest BCUT2D eigenvalue weighted by Crippen LogP contribution is 2.36. The number of aliphatic hydroxyl groups excluding tert-OH is 1. The molecule has 5 heteroatoms. The van der Waals surface area contributed by atoms with E-state index in [9.17, 15) is 9.90 Å². The first-order valence-corrected chi connectivity index (χ1v) is 9.31. The summed E-state index contributed by atoms with van der Waals surface area (Å²) in [6.45, 7) is 3.52. The van der Waals surface area contributed by atoms with Gasteiger partial charge in [-0.1, -0.05) is 24.9 Å². The van der Waals surface area contributed by atoms with Gasteiger partial charge in [0.15, 0.2) is 0 Å². The molecule has 2 aliphatic rings. The maximum atomic E-state index is 12.8. The predicted molar refractivity (Wildman–Crippen MR) is 94.7 cm³/mol. The molecule has 1 aliphatic heterocycles. The van der Waals surface area contributed by atoms with Crippen LogP contribution >= 0.6 is 11.6 Å². The molecule has 132 valence electrons. The second kappa shape index (κ2) is 7.32. The first-order valence-electron chi connectivity index (χ1n) is 8.93. The van der Waals surface area contributed by atoms with Crippen LogP contribution in [0.4, 0.5) is 0 Å². The molecule has 0 aromatic heterocycles. The lowest BCUT2D eigenvalue weighted by Crippen LogP contribution is -2.34. The zero-order valence-corrected chi connectivity index (χ0v) is 15.0. The van der Waals surface area contributed by atoms with Crippen LogP contribution in [0.1, 0.15) is 55.8 Å². The summed E-state index contributed by atoms with van der Waals surface area (Å²) in [5.74, 6) is 0.681. The molecule has 2 fully saturated rings. The van der Waals surface area contributed by atoms with E-state index in [2.05, 4.69) is 6.92 Å². The van der Waals surface area contributed by atoms with E-state index in [0.717, 1.165) is 37.9 Å². The van der Waals surface area contributed by atoms with Crippen molar-refractivity contribution in [1.82, 2.24) is 4.90 Å². The lowest BCUT2D eigenvalue weighted by molar-refractivity contribution is 0.0729. The number of halogens is 1. The number of rotatable bonds is 6. The molecule has 1 aromatic carbocycles. The summed E-state index contributed by atoms with van der Waals surface area (Å²) < 4.78 is 5.83. The van der Waals surface area contributed by atoms with Gasteiger partial charge < -0.3 is 14.7 Å². The molecule has 0 spiro atoms. The molecule has 1 aliphatic carbocycles.